The van der Waals surface area contributed by atoms with Crippen LogP contribution in [0.15, 0.2) is 12.3 Å². The third-order valence-electron chi connectivity index (χ3n) is 4.99. The molecular formula is C17H24F3N5O. The molecule has 0 bridgehead atoms. The van der Waals surface area contributed by atoms with Gasteiger partial charge in [0.1, 0.15) is 5.69 Å². The summed E-state index contributed by atoms with van der Waals surface area (Å²) in [5.74, 6) is 0.0879. The van der Waals surface area contributed by atoms with Gasteiger partial charge in [-0.2, -0.15) is 13.2 Å². The second kappa shape index (κ2) is 8.09. The molecule has 1 aliphatic carbocycles. The molecule has 2 heterocycles. The first-order valence-corrected chi connectivity index (χ1v) is 9.14. The summed E-state index contributed by atoms with van der Waals surface area (Å²) in [5.41, 5.74) is -0.936. The summed E-state index contributed by atoms with van der Waals surface area (Å²) in [6.45, 7) is 1.02. The number of urea groups is 1. The van der Waals surface area contributed by atoms with Crippen molar-refractivity contribution in [3.8, 4) is 0 Å². The maximum atomic E-state index is 12.8. The SMILES string of the molecule is O=C(NC1CCCCC1)NC1CCN(c2nccc(C(F)(F)F)n2)CC1. The molecule has 1 aromatic rings. The van der Waals surface area contributed by atoms with Gasteiger partial charge in [-0.15, -0.1) is 0 Å². The summed E-state index contributed by atoms with van der Waals surface area (Å²) in [7, 11) is 0. The van der Waals surface area contributed by atoms with E-state index in [4.69, 9.17) is 0 Å². The summed E-state index contributed by atoms with van der Waals surface area (Å²) >= 11 is 0. The zero-order valence-corrected chi connectivity index (χ0v) is 14.6. The van der Waals surface area contributed by atoms with Crippen molar-refractivity contribution in [3.05, 3.63) is 18.0 Å². The van der Waals surface area contributed by atoms with Crippen molar-refractivity contribution >= 4 is 12.0 Å². The van der Waals surface area contributed by atoms with Crippen LogP contribution in [-0.4, -0.2) is 41.2 Å². The van der Waals surface area contributed by atoms with Crippen molar-refractivity contribution in [2.45, 2.75) is 63.2 Å². The van der Waals surface area contributed by atoms with Gasteiger partial charge in [-0.25, -0.2) is 14.8 Å². The molecular weight excluding hydrogens is 347 g/mol. The van der Waals surface area contributed by atoms with Crippen LogP contribution in [0, 0.1) is 0 Å². The van der Waals surface area contributed by atoms with Crippen LogP contribution in [0.1, 0.15) is 50.6 Å². The molecule has 1 aromatic heterocycles. The number of aromatic nitrogens is 2. The minimum absolute atomic E-state index is 0.0145. The number of nitrogens with one attached hydrogen (secondary N) is 2. The van der Waals surface area contributed by atoms with E-state index in [-0.39, 0.29) is 24.1 Å². The van der Waals surface area contributed by atoms with Crippen LogP contribution in [0.25, 0.3) is 0 Å². The molecule has 1 saturated heterocycles. The third kappa shape index (κ3) is 4.98. The Morgan fingerprint density at radius 1 is 1.04 bits per heavy atom. The van der Waals surface area contributed by atoms with Crippen LogP contribution in [-0.2, 0) is 6.18 Å². The minimum atomic E-state index is -4.48. The van der Waals surface area contributed by atoms with Gasteiger partial charge >= 0.3 is 12.2 Å². The first-order valence-electron chi connectivity index (χ1n) is 9.14. The fraction of sp³-hybridized carbons (Fsp3) is 0.706. The highest BCUT2D eigenvalue weighted by Gasteiger charge is 2.33. The van der Waals surface area contributed by atoms with Crippen molar-refractivity contribution in [2.75, 3.05) is 18.0 Å². The Kier molecular flexibility index (Phi) is 5.83. The summed E-state index contributed by atoms with van der Waals surface area (Å²) in [6, 6.07) is 0.988. The van der Waals surface area contributed by atoms with E-state index in [0.29, 0.717) is 25.9 Å². The second-order valence-corrected chi connectivity index (χ2v) is 6.95. The fourth-order valence-electron chi connectivity index (χ4n) is 3.54. The molecule has 0 aromatic carbocycles. The topological polar surface area (TPSA) is 70.2 Å². The van der Waals surface area contributed by atoms with Crippen LogP contribution in [0.2, 0.25) is 0 Å². The number of alkyl halides is 3. The number of carbonyl (C=O) groups excluding carboxylic acids is 1. The Balaban J connectivity index is 1.47. The van der Waals surface area contributed by atoms with Crippen molar-refractivity contribution in [2.24, 2.45) is 0 Å². The number of carbonyl (C=O) groups is 1. The molecule has 2 aliphatic rings. The maximum absolute atomic E-state index is 12.8. The zero-order chi connectivity index (χ0) is 18.6. The molecule has 0 atom stereocenters. The van der Waals surface area contributed by atoms with Crippen molar-refractivity contribution in [3.63, 3.8) is 0 Å². The molecule has 0 radical (unpaired) electrons. The number of piperidine rings is 1. The highest BCUT2D eigenvalue weighted by molar-refractivity contribution is 5.74. The lowest BCUT2D eigenvalue weighted by Crippen LogP contribution is -2.50. The number of rotatable bonds is 3. The van der Waals surface area contributed by atoms with Crippen LogP contribution in [0.5, 0.6) is 0 Å². The molecule has 6 nitrogen and oxygen atoms in total. The largest absolute Gasteiger partial charge is 0.433 e. The standard InChI is InChI=1S/C17H24F3N5O/c18-17(19,20)14-6-9-21-15(24-14)25-10-7-13(8-11-25)23-16(26)22-12-4-2-1-3-5-12/h6,9,12-13H,1-5,7-8,10-11H2,(H2,22,23,26). The smallest absolute Gasteiger partial charge is 0.341 e. The van der Waals surface area contributed by atoms with Crippen LogP contribution in [0.3, 0.4) is 0 Å². The first-order chi connectivity index (χ1) is 12.4. The molecule has 9 heteroatoms. The van der Waals surface area contributed by atoms with E-state index < -0.39 is 11.9 Å². The number of amides is 2. The van der Waals surface area contributed by atoms with Gasteiger partial charge in [0.05, 0.1) is 0 Å². The highest BCUT2D eigenvalue weighted by Crippen LogP contribution is 2.28. The van der Waals surface area contributed by atoms with Crippen LogP contribution < -0.4 is 15.5 Å². The molecule has 2 N–H and O–H groups in total. The quantitative estimate of drug-likeness (QED) is 0.857. The highest BCUT2D eigenvalue weighted by atomic mass is 19.4. The van der Waals surface area contributed by atoms with E-state index in [0.717, 1.165) is 37.9 Å². The fourth-order valence-corrected chi connectivity index (χ4v) is 3.54. The number of hydrogen-bond donors (Lipinski definition) is 2. The van der Waals surface area contributed by atoms with E-state index in [1.54, 1.807) is 4.90 Å². The molecule has 26 heavy (non-hydrogen) atoms. The number of hydrogen-bond acceptors (Lipinski definition) is 4. The molecule has 1 aliphatic heterocycles. The Labute approximate surface area is 150 Å². The summed E-state index contributed by atoms with van der Waals surface area (Å²) in [5, 5.41) is 6.00. The lowest BCUT2D eigenvalue weighted by molar-refractivity contribution is -0.141. The van der Waals surface area contributed by atoms with Gasteiger partial charge in [-0.1, -0.05) is 19.3 Å². The molecule has 0 spiro atoms. The molecule has 1 saturated carbocycles. The Morgan fingerprint density at radius 3 is 2.27 bits per heavy atom. The van der Waals surface area contributed by atoms with Crippen LogP contribution in [0.4, 0.5) is 23.9 Å². The Bertz CT molecular complexity index is 611. The molecule has 0 unspecified atom stereocenters. The van der Waals surface area contributed by atoms with Gasteiger partial charge in [0.15, 0.2) is 0 Å². The monoisotopic (exact) mass is 371 g/mol. The molecule has 144 valence electrons. The lowest BCUT2D eigenvalue weighted by Gasteiger charge is -2.33. The van der Waals surface area contributed by atoms with Gasteiger partial charge in [0, 0.05) is 31.4 Å². The minimum Gasteiger partial charge on any atom is -0.341 e. The van der Waals surface area contributed by atoms with E-state index in [1.807, 2.05) is 0 Å². The Morgan fingerprint density at radius 2 is 1.65 bits per heavy atom. The van der Waals surface area contributed by atoms with E-state index in [1.165, 1.54) is 6.42 Å². The first kappa shape index (κ1) is 18.7. The number of nitrogens with zero attached hydrogens (tertiary/aromatic N) is 3. The zero-order valence-electron chi connectivity index (χ0n) is 14.6. The van der Waals surface area contributed by atoms with Gasteiger partial charge in [0.25, 0.3) is 0 Å². The second-order valence-electron chi connectivity index (χ2n) is 6.95. The molecule has 2 fully saturated rings. The summed E-state index contributed by atoms with van der Waals surface area (Å²) in [6.07, 6.45) is 3.55. The van der Waals surface area contributed by atoms with E-state index in [2.05, 4.69) is 20.6 Å². The van der Waals surface area contributed by atoms with Crippen molar-refractivity contribution in [1.82, 2.24) is 20.6 Å². The predicted octanol–water partition coefficient (Wildman–Crippen LogP) is 3.10. The van der Waals surface area contributed by atoms with Gasteiger partial charge in [0.2, 0.25) is 5.95 Å². The van der Waals surface area contributed by atoms with Crippen molar-refractivity contribution < 1.29 is 18.0 Å². The van der Waals surface area contributed by atoms with Gasteiger partial charge < -0.3 is 15.5 Å². The molecule has 3 rings (SSSR count). The number of halogens is 3. The summed E-state index contributed by atoms with van der Waals surface area (Å²) < 4.78 is 38.3. The molecule has 2 amide bonds. The van der Waals surface area contributed by atoms with Crippen molar-refractivity contribution in [1.29, 1.82) is 0 Å². The maximum Gasteiger partial charge on any atom is 0.433 e. The van der Waals surface area contributed by atoms with E-state index in [9.17, 15) is 18.0 Å². The Hall–Kier alpha value is -2.06. The van der Waals surface area contributed by atoms with Gasteiger partial charge in [-0.3, -0.25) is 0 Å². The average Bonchev–Trinajstić information content (AvgIpc) is 2.62. The van der Waals surface area contributed by atoms with E-state index >= 15 is 0 Å². The lowest BCUT2D eigenvalue weighted by atomic mass is 9.96. The summed E-state index contributed by atoms with van der Waals surface area (Å²) in [4.78, 5) is 21.4. The number of anilines is 1. The normalized spacial score (nSPS) is 20.0. The average molecular weight is 371 g/mol. The van der Waals surface area contributed by atoms with Gasteiger partial charge in [-0.05, 0) is 31.7 Å². The third-order valence-corrected chi connectivity index (χ3v) is 4.99. The predicted molar refractivity (Wildman–Crippen MR) is 90.8 cm³/mol. The van der Waals surface area contributed by atoms with Crippen LogP contribution >= 0.6 is 0 Å².